The van der Waals surface area contributed by atoms with Gasteiger partial charge in [0.25, 0.3) is 11.7 Å². The smallest absolute Gasteiger partial charge is 0.292 e. The average molecular weight is 221 g/mol. The fourth-order valence-corrected chi connectivity index (χ4v) is 1.21. The highest BCUT2D eigenvalue weighted by molar-refractivity contribution is 5.89. The van der Waals surface area contributed by atoms with Gasteiger partial charge in [0.2, 0.25) is 0 Å². The number of aryl methyl sites for hydroxylation is 1. The van der Waals surface area contributed by atoms with E-state index in [0.717, 1.165) is 5.56 Å². The summed E-state index contributed by atoms with van der Waals surface area (Å²) < 4.78 is 1.76. The van der Waals surface area contributed by atoms with Crippen molar-refractivity contribution in [3.8, 4) is 0 Å². The lowest BCUT2D eigenvalue weighted by atomic mass is 10.4. The van der Waals surface area contributed by atoms with E-state index in [4.69, 9.17) is 0 Å². The SMILES string of the molecule is Cc1cnn(CCNC(=O)c2nn[nH]n2)c1. The Labute approximate surface area is 91.0 Å². The van der Waals surface area contributed by atoms with E-state index >= 15 is 0 Å². The zero-order chi connectivity index (χ0) is 11.4. The number of rotatable bonds is 4. The van der Waals surface area contributed by atoms with Gasteiger partial charge in [0.15, 0.2) is 0 Å². The van der Waals surface area contributed by atoms with Crippen LogP contribution in [0.4, 0.5) is 0 Å². The summed E-state index contributed by atoms with van der Waals surface area (Å²) in [4.78, 5) is 11.4. The van der Waals surface area contributed by atoms with E-state index in [0.29, 0.717) is 13.1 Å². The van der Waals surface area contributed by atoms with Crippen molar-refractivity contribution in [1.82, 2.24) is 35.7 Å². The summed E-state index contributed by atoms with van der Waals surface area (Å²) in [5, 5.41) is 19.4. The molecule has 0 aliphatic carbocycles. The molecule has 0 bridgehead atoms. The van der Waals surface area contributed by atoms with Crippen LogP contribution >= 0.6 is 0 Å². The van der Waals surface area contributed by atoms with Crippen molar-refractivity contribution in [2.24, 2.45) is 0 Å². The van der Waals surface area contributed by atoms with Gasteiger partial charge in [-0.05, 0) is 17.7 Å². The molecule has 0 fully saturated rings. The van der Waals surface area contributed by atoms with Gasteiger partial charge in [-0.1, -0.05) is 0 Å². The molecule has 0 radical (unpaired) electrons. The van der Waals surface area contributed by atoms with Gasteiger partial charge in [-0.3, -0.25) is 9.48 Å². The van der Waals surface area contributed by atoms with E-state index in [1.807, 2.05) is 13.1 Å². The van der Waals surface area contributed by atoms with E-state index in [2.05, 4.69) is 31.0 Å². The first-order chi connectivity index (χ1) is 7.75. The lowest BCUT2D eigenvalue weighted by molar-refractivity contribution is 0.0941. The fraction of sp³-hybridized carbons (Fsp3) is 0.375. The number of hydrogen-bond acceptors (Lipinski definition) is 5. The minimum absolute atomic E-state index is 0.0386. The van der Waals surface area contributed by atoms with E-state index < -0.39 is 0 Å². The number of aromatic nitrogens is 6. The number of H-pyrrole nitrogens is 1. The number of hydrogen-bond donors (Lipinski definition) is 2. The number of nitrogens with one attached hydrogen (secondary N) is 2. The summed E-state index contributed by atoms with van der Waals surface area (Å²) in [6.45, 7) is 3.04. The van der Waals surface area contributed by atoms with Crippen molar-refractivity contribution in [2.45, 2.75) is 13.5 Å². The molecule has 16 heavy (non-hydrogen) atoms. The molecule has 0 aliphatic heterocycles. The first-order valence-electron chi connectivity index (χ1n) is 4.76. The summed E-state index contributed by atoms with van der Waals surface area (Å²) in [6, 6.07) is 0. The highest BCUT2D eigenvalue weighted by atomic mass is 16.2. The molecule has 84 valence electrons. The van der Waals surface area contributed by atoms with Gasteiger partial charge in [0.05, 0.1) is 12.7 Å². The quantitative estimate of drug-likeness (QED) is 0.699. The van der Waals surface area contributed by atoms with E-state index in [1.54, 1.807) is 10.9 Å². The zero-order valence-electron chi connectivity index (χ0n) is 8.71. The molecule has 2 heterocycles. The molecule has 0 atom stereocenters. The first-order valence-corrected chi connectivity index (χ1v) is 4.76. The Morgan fingerprint density at radius 3 is 3.12 bits per heavy atom. The van der Waals surface area contributed by atoms with Crippen molar-refractivity contribution in [3.63, 3.8) is 0 Å². The Morgan fingerprint density at radius 2 is 2.50 bits per heavy atom. The van der Waals surface area contributed by atoms with Crippen LogP contribution in [-0.2, 0) is 6.54 Å². The van der Waals surface area contributed by atoms with E-state index in [-0.39, 0.29) is 11.7 Å². The number of amides is 1. The average Bonchev–Trinajstić information content (AvgIpc) is 2.89. The van der Waals surface area contributed by atoms with Crippen molar-refractivity contribution >= 4 is 5.91 Å². The molecular formula is C8H11N7O. The molecule has 2 N–H and O–H groups in total. The molecule has 0 spiro atoms. The van der Waals surface area contributed by atoms with E-state index in [1.165, 1.54) is 0 Å². The molecule has 2 aromatic rings. The number of tetrazole rings is 1. The highest BCUT2D eigenvalue weighted by Gasteiger charge is 2.09. The second-order valence-electron chi connectivity index (χ2n) is 3.27. The molecule has 0 aromatic carbocycles. The highest BCUT2D eigenvalue weighted by Crippen LogP contribution is 1.93. The Hall–Kier alpha value is -2.25. The van der Waals surface area contributed by atoms with Gasteiger partial charge in [-0.25, -0.2) is 0 Å². The maximum absolute atomic E-state index is 11.4. The Morgan fingerprint density at radius 1 is 1.62 bits per heavy atom. The van der Waals surface area contributed by atoms with Crippen LogP contribution in [0.3, 0.4) is 0 Å². The van der Waals surface area contributed by atoms with Crippen molar-refractivity contribution in [3.05, 3.63) is 23.8 Å². The molecule has 2 aromatic heterocycles. The molecule has 8 heteroatoms. The summed E-state index contributed by atoms with van der Waals surface area (Å²) in [5.74, 6) is -0.311. The lowest BCUT2D eigenvalue weighted by Crippen LogP contribution is -2.28. The third kappa shape index (κ3) is 2.41. The molecule has 0 saturated heterocycles. The van der Waals surface area contributed by atoms with Crippen LogP contribution in [0.2, 0.25) is 0 Å². The van der Waals surface area contributed by atoms with Crippen LogP contribution < -0.4 is 5.32 Å². The van der Waals surface area contributed by atoms with Gasteiger partial charge in [0, 0.05) is 12.7 Å². The molecule has 0 unspecified atom stereocenters. The summed E-state index contributed by atoms with van der Waals surface area (Å²) in [7, 11) is 0. The maximum atomic E-state index is 11.4. The number of carbonyl (C=O) groups is 1. The predicted octanol–water partition coefficient (Wildman–Crippen LogP) is -0.865. The number of aromatic amines is 1. The zero-order valence-corrected chi connectivity index (χ0v) is 8.71. The second kappa shape index (κ2) is 4.51. The molecule has 2 rings (SSSR count). The van der Waals surface area contributed by atoms with Gasteiger partial charge < -0.3 is 5.32 Å². The third-order valence-corrected chi connectivity index (χ3v) is 1.94. The van der Waals surface area contributed by atoms with Crippen molar-refractivity contribution in [1.29, 1.82) is 0 Å². The van der Waals surface area contributed by atoms with Crippen molar-refractivity contribution < 1.29 is 4.79 Å². The number of carbonyl (C=O) groups excluding carboxylic acids is 1. The number of nitrogens with zero attached hydrogens (tertiary/aromatic N) is 5. The second-order valence-corrected chi connectivity index (χ2v) is 3.27. The lowest BCUT2D eigenvalue weighted by Gasteiger charge is -2.02. The van der Waals surface area contributed by atoms with Crippen LogP contribution in [0.25, 0.3) is 0 Å². The predicted molar refractivity (Wildman–Crippen MR) is 53.5 cm³/mol. The summed E-state index contributed by atoms with van der Waals surface area (Å²) in [5.41, 5.74) is 1.09. The standard InChI is InChI=1S/C8H11N7O/c1-6-4-10-15(5-6)3-2-9-8(16)7-11-13-14-12-7/h4-5H,2-3H2,1H3,(H,9,16)(H,11,12,13,14). The van der Waals surface area contributed by atoms with Gasteiger partial charge >= 0.3 is 0 Å². The largest absolute Gasteiger partial charge is 0.347 e. The van der Waals surface area contributed by atoms with E-state index in [9.17, 15) is 4.79 Å². The Bertz CT molecular complexity index is 460. The van der Waals surface area contributed by atoms with Gasteiger partial charge in [-0.2, -0.15) is 10.3 Å². The van der Waals surface area contributed by atoms with Crippen molar-refractivity contribution in [2.75, 3.05) is 6.54 Å². The van der Waals surface area contributed by atoms with Gasteiger partial charge in [0.1, 0.15) is 0 Å². The van der Waals surface area contributed by atoms with Crippen LogP contribution in [0, 0.1) is 6.92 Å². The third-order valence-electron chi connectivity index (χ3n) is 1.94. The monoisotopic (exact) mass is 221 g/mol. The molecule has 0 saturated carbocycles. The molecule has 0 aliphatic rings. The van der Waals surface area contributed by atoms with Gasteiger partial charge in [-0.15, -0.1) is 10.2 Å². The van der Waals surface area contributed by atoms with Crippen LogP contribution in [0.5, 0.6) is 0 Å². The Kier molecular flexibility index (Phi) is 2.90. The normalized spacial score (nSPS) is 10.3. The molecule has 1 amide bonds. The van der Waals surface area contributed by atoms with Crippen LogP contribution in [0.15, 0.2) is 12.4 Å². The topological polar surface area (TPSA) is 101 Å². The molecule has 8 nitrogen and oxygen atoms in total. The molecular weight excluding hydrogens is 210 g/mol. The minimum Gasteiger partial charge on any atom is -0.347 e. The minimum atomic E-state index is -0.349. The Balaban J connectivity index is 1.78. The summed E-state index contributed by atoms with van der Waals surface area (Å²) in [6.07, 6.45) is 3.67. The fourth-order valence-electron chi connectivity index (χ4n) is 1.21. The summed E-state index contributed by atoms with van der Waals surface area (Å²) >= 11 is 0. The van der Waals surface area contributed by atoms with Crippen LogP contribution in [0.1, 0.15) is 16.2 Å². The first kappa shape index (κ1) is 10.3. The van der Waals surface area contributed by atoms with Crippen LogP contribution in [-0.4, -0.2) is 42.9 Å². The maximum Gasteiger partial charge on any atom is 0.292 e.